The number of hydrogen-bond acceptors (Lipinski definition) is 3. The van der Waals surface area contributed by atoms with Gasteiger partial charge in [0.1, 0.15) is 6.07 Å². The number of hydrogen-bond donors (Lipinski definition) is 0. The molecule has 0 N–H and O–H groups in total. The molecule has 0 aliphatic rings. The maximum Gasteiger partial charge on any atom is 0.340 e. The Bertz CT molecular complexity index is 426. The fourth-order valence-corrected chi connectivity index (χ4v) is 1.77. The summed E-state index contributed by atoms with van der Waals surface area (Å²) in [6.07, 6.45) is 0. The minimum atomic E-state index is -0.593. The van der Waals surface area contributed by atoms with Gasteiger partial charge >= 0.3 is 5.97 Å². The van der Waals surface area contributed by atoms with Crippen molar-refractivity contribution in [2.24, 2.45) is 0 Å². The summed E-state index contributed by atoms with van der Waals surface area (Å²) in [5.74, 6) is -0.593. The first-order chi connectivity index (χ1) is 6.61. The fourth-order valence-electron chi connectivity index (χ4n) is 0.963. The molecule has 14 heavy (non-hydrogen) atoms. The molecule has 0 aromatic heterocycles. The van der Waals surface area contributed by atoms with Crippen LogP contribution in [0.4, 0.5) is 0 Å². The molecule has 3 nitrogen and oxygen atoms in total. The van der Waals surface area contributed by atoms with Gasteiger partial charge in [-0.1, -0.05) is 11.6 Å². The molecule has 0 fully saturated rings. The van der Waals surface area contributed by atoms with Crippen LogP contribution in [0.5, 0.6) is 0 Å². The second-order valence-corrected chi connectivity index (χ2v) is 3.95. The van der Waals surface area contributed by atoms with Crippen molar-refractivity contribution in [3.8, 4) is 6.07 Å². The lowest BCUT2D eigenvalue weighted by Crippen LogP contribution is -2.06. The number of ether oxygens (including phenoxy) is 1. The van der Waals surface area contributed by atoms with Gasteiger partial charge < -0.3 is 4.74 Å². The van der Waals surface area contributed by atoms with E-state index in [2.05, 4.69) is 4.74 Å². The lowest BCUT2D eigenvalue weighted by molar-refractivity contribution is 0.0600. The lowest BCUT2D eigenvalue weighted by atomic mass is 10.1. The Hall–Kier alpha value is -0.800. The maximum atomic E-state index is 11.3. The summed E-state index contributed by atoms with van der Waals surface area (Å²) in [6, 6.07) is 5.17. The Kier molecular flexibility index (Phi) is 3.72. The van der Waals surface area contributed by atoms with Crippen LogP contribution in [0.3, 0.4) is 0 Å². The van der Waals surface area contributed by atoms with Gasteiger partial charge in [-0.3, -0.25) is 0 Å². The van der Waals surface area contributed by atoms with E-state index in [9.17, 15) is 4.79 Å². The van der Waals surface area contributed by atoms with Crippen molar-refractivity contribution >= 4 is 40.2 Å². The molecule has 0 radical (unpaired) electrons. The quantitative estimate of drug-likeness (QED) is 0.590. The van der Waals surface area contributed by atoms with E-state index < -0.39 is 5.97 Å². The lowest BCUT2D eigenvalue weighted by Gasteiger charge is -2.05. The third-order valence-corrected chi connectivity index (χ3v) is 2.82. The van der Waals surface area contributed by atoms with Crippen LogP contribution in [0, 0.1) is 14.9 Å². The molecule has 0 unspecified atom stereocenters. The van der Waals surface area contributed by atoms with E-state index in [0.29, 0.717) is 3.57 Å². The van der Waals surface area contributed by atoms with E-state index in [4.69, 9.17) is 16.9 Å². The van der Waals surface area contributed by atoms with E-state index in [-0.39, 0.29) is 16.1 Å². The number of nitriles is 1. The molecule has 0 saturated heterocycles. The molecule has 0 atom stereocenters. The van der Waals surface area contributed by atoms with Crippen LogP contribution in [-0.2, 0) is 4.74 Å². The second kappa shape index (κ2) is 4.62. The van der Waals surface area contributed by atoms with Gasteiger partial charge in [-0.05, 0) is 34.7 Å². The van der Waals surface area contributed by atoms with Crippen LogP contribution in [0.15, 0.2) is 12.1 Å². The number of benzene rings is 1. The van der Waals surface area contributed by atoms with Gasteiger partial charge in [0.15, 0.2) is 0 Å². The van der Waals surface area contributed by atoms with Gasteiger partial charge in [-0.2, -0.15) is 5.26 Å². The molecule has 1 rings (SSSR count). The van der Waals surface area contributed by atoms with Gasteiger partial charge in [0.05, 0.1) is 23.3 Å². The van der Waals surface area contributed by atoms with Crippen molar-refractivity contribution in [3.63, 3.8) is 0 Å². The van der Waals surface area contributed by atoms with Gasteiger partial charge in [-0.15, -0.1) is 0 Å². The number of methoxy groups -OCH3 is 1. The highest BCUT2D eigenvalue weighted by Crippen LogP contribution is 2.24. The Labute approximate surface area is 99.8 Å². The molecule has 0 spiro atoms. The van der Waals surface area contributed by atoms with Gasteiger partial charge in [0, 0.05) is 3.57 Å². The second-order valence-electron chi connectivity index (χ2n) is 2.38. The highest BCUT2D eigenvalue weighted by atomic mass is 127. The predicted molar refractivity (Wildman–Crippen MR) is 60.2 cm³/mol. The average Bonchev–Trinajstić information content (AvgIpc) is 2.19. The Morgan fingerprint density at radius 2 is 2.29 bits per heavy atom. The molecule has 0 aliphatic heterocycles. The van der Waals surface area contributed by atoms with Crippen LogP contribution < -0.4 is 0 Å². The van der Waals surface area contributed by atoms with E-state index in [1.807, 2.05) is 28.7 Å². The molecule has 5 heteroatoms. The fraction of sp³-hybridized carbons (Fsp3) is 0.111. The topological polar surface area (TPSA) is 50.1 Å². The third kappa shape index (κ3) is 1.99. The van der Waals surface area contributed by atoms with E-state index in [0.717, 1.165) is 0 Å². The summed E-state index contributed by atoms with van der Waals surface area (Å²) >= 11 is 7.76. The summed E-state index contributed by atoms with van der Waals surface area (Å²) < 4.78 is 5.21. The van der Waals surface area contributed by atoms with Crippen molar-refractivity contribution in [3.05, 3.63) is 31.9 Å². The molecule has 1 aromatic carbocycles. The Morgan fingerprint density at radius 1 is 1.64 bits per heavy atom. The van der Waals surface area contributed by atoms with Crippen LogP contribution in [-0.4, -0.2) is 13.1 Å². The first-order valence-corrected chi connectivity index (χ1v) is 5.04. The zero-order chi connectivity index (χ0) is 10.7. The summed E-state index contributed by atoms with van der Waals surface area (Å²) in [5.41, 5.74) is 0.383. The number of halogens is 2. The summed E-state index contributed by atoms with van der Waals surface area (Å²) in [5, 5.41) is 9.08. The molecule has 72 valence electrons. The van der Waals surface area contributed by atoms with E-state index in [1.54, 1.807) is 12.1 Å². The summed E-state index contributed by atoms with van der Waals surface area (Å²) in [6.45, 7) is 0. The van der Waals surface area contributed by atoms with Crippen molar-refractivity contribution in [2.75, 3.05) is 7.11 Å². The Balaban J connectivity index is 3.47. The van der Waals surface area contributed by atoms with Crippen LogP contribution in [0.25, 0.3) is 0 Å². The first-order valence-electron chi connectivity index (χ1n) is 3.58. The monoisotopic (exact) mass is 321 g/mol. The van der Waals surface area contributed by atoms with E-state index >= 15 is 0 Å². The number of rotatable bonds is 1. The minimum Gasteiger partial charge on any atom is -0.465 e. The van der Waals surface area contributed by atoms with Gasteiger partial charge in [-0.25, -0.2) is 4.79 Å². The molecule has 0 amide bonds. The normalized spacial score (nSPS) is 9.29. The van der Waals surface area contributed by atoms with Crippen LogP contribution >= 0.6 is 34.2 Å². The molecule has 0 aliphatic carbocycles. The van der Waals surface area contributed by atoms with Crippen molar-refractivity contribution in [2.45, 2.75) is 0 Å². The highest BCUT2D eigenvalue weighted by Gasteiger charge is 2.18. The molecular formula is C9H5ClINO2. The van der Waals surface area contributed by atoms with Crippen molar-refractivity contribution in [1.29, 1.82) is 5.26 Å². The first kappa shape index (κ1) is 11.3. The number of esters is 1. The molecule has 0 saturated carbocycles. The number of carbonyl (C=O) groups is 1. The van der Waals surface area contributed by atoms with Gasteiger partial charge in [0.2, 0.25) is 0 Å². The predicted octanol–water partition coefficient (Wildman–Crippen LogP) is 2.60. The zero-order valence-electron chi connectivity index (χ0n) is 7.17. The smallest absolute Gasteiger partial charge is 0.340 e. The zero-order valence-corrected chi connectivity index (χ0v) is 10.1. The molecule has 1 aromatic rings. The third-order valence-electron chi connectivity index (χ3n) is 1.60. The largest absolute Gasteiger partial charge is 0.465 e. The minimum absolute atomic E-state index is 0.128. The van der Waals surface area contributed by atoms with Crippen LogP contribution in [0.2, 0.25) is 5.02 Å². The number of carbonyl (C=O) groups excluding carboxylic acids is 1. The van der Waals surface area contributed by atoms with E-state index in [1.165, 1.54) is 7.11 Å². The molecule has 0 heterocycles. The number of nitrogens with zero attached hydrogens (tertiary/aromatic N) is 1. The SMILES string of the molecule is COC(=O)c1c(Cl)ccc(I)c1C#N. The van der Waals surface area contributed by atoms with Gasteiger partial charge in [0.25, 0.3) is 0 Å². The average molecular weight is 322 g/mol. The Morgan fingerprint density at radius 3 is 2.79 bits per heavy atom. The van der Waals surface area contributed by atoms with Crippen LogP contribution in [0.1, 0.15) is 15.9 Å². The summed E-state index contributed by atoms with van der Waals surface area (Å²) in [7, 11) is 1.25. The maximum absolute atomic E-state index is 11.3. The summed E-state index contributed by atoms with van der Waals surface area (Å²) in [4.78, 5) is 11.3. The standard InChI is InChI=1S/C9H5ClINO2/c1-14-9(13)8-5(4-12)7(11)3-2-6(8)10/h2-3H,1H3. The highest BCUT2D eigenvalue weighted by molar-refractivity contribution is 14.1. The molecular weight excluding hydrogens is 316 g/mol. The van der Waals surface area contributed by atoms with Crippen molar-refractivity contribution in [1.82, 2.24) is 0 Å². The van der Waals surface area contributed by atoms with Crippen molar-refractivity contribution < 1.29 is 9.53 Å². The molecule has 0 bridgehead atoms.